The van der Waals surface area contributed by atoms with Crippen molar-refractivity contribution in [2.24, 2.45) is 0 Å². The average Bonchev–Trinajstić information content (AvgIpc) is 2.50. The minimum Gasteiger partial charge on any atom is -0.480 e. The lowest BCUT2D eigenvalue weighted by Crippen LogP contribution is -2.35. The number of nitrogens with one attached hydrogen (secondary N) is 1. The smallest absolute Gasteiger partial charge is 0.320 e. The van der Waals surface area contributed by atoms with Crippen LogP contribution in [0.3, 0.4) is 0 Å². The number of aliphatic carboxylic acids is 1. The zero-order valence-electron chi connectivity index (χ0n) is 5.13. The van der Waals surface area contributed by atoms with Gasteiger partial charge in [0.15, 0.2) is 0 Å². The molecule has 0 radical (unpaired) electrons. The summed E-state index contributed by atoms with van der Waals surface area (Å²) in [6, 6.07) is -0.502. The van der Waals surface area contributed by atoms with Crippen LogP contribution in [0.1, 0.15) is 6.92 Å². The van der Waals surface area contributed by atoms with Crippen LogP contribution in [0.15, 0.2) is 0 Å². The minimum atomic E-state index is -0.842. The van der Waals surface area contributed by atoms with Crippen molar-refractivity contribution in [2.75, 3.05) is 6.61 Å². The largest absolute Gasteiger partial charge is 0.480 e. The molecule has 0 aromatic carbocycles. The third kappa shape index (κ3) is 1.99. The van der Waals surface area contributed by atoms with Gasteiger partial charge in [0.1, 0.15) is 12.3 Å². The van der Waals surface area contributed by atoms with E-state index in [1.807, 2.05) is 0 Å². The lowest BCUT2D eigenvalue weighted by molar-refractivity contribution is -0.139. The maximum Gasteiger partial charge on any atom is 0.320 e. The van der Waals surface area contributed by atoms with E-state index in [1.165, 1.54) is 0 Å². The second kappa shape index (κ2) is 2.33. The first kappa shape index (κ1) is 6.51. The van der Waals surface area contributed by atoms with Gasteiger partial charge in [-0.05, 0) is 6.92 Å². The Morgan fingerprint density at radius 1 is 2.00 bits per heavy atom. The normalized spacial score (nSPS) is 27.4. The monoisotopic (exact) mass is 131 g/mol. The summed E-state index contributed by atoms with van der Waals surface area (Å²) in [5.74, 6) is -0.842. The fourth-order valence-electron chi connectivity index (χ4n) is 0.494. The molecule has 1 saturated heterocycles. The SMILES string of the molecule is CC(NC1CO1)C(=O)O. The van der Waals surface area contributed by atoms with E-state index in [2.05, 4.69) is 5.32 Å². The number of rotatable bonds is 3. The Hall–Kier alpha value is -0.610. The van der Waals surface area contributed by atoms with Crippen molar-refractivity contribution in [3.63, 3.8) is 0 Å². The molecule has 0 aliphatic carbocycles. The van der Waals surface area contributed by atoms with Gasteiger partial charge in [0, 0.05) is 0 Å². The summed E-state index contributed by atoms with van der Waals surface area (Å²) in [5, 5.41) is 11.1. The van der Waals surface area contributed by atoms with E-state index in [-0.39, 0.29) is 6.23 Å². The van der Waals surface area contributed by atoms with Crippen LogP contribution >= 0.6 is 0 Å². The van der Waals surface area contributed by atoms with Crippen molar-refractivity contribution in [3.8, 4) is 0 Å². The number of hydrogen-bond acceptors (Lipinski definition) is 3. The van der Waals surface area contributed by atoms with Crippen molar-refractivity contribution in [1.29, 1.82) is 0 Å². The fourth-order valence-corrected chi connectivity index (χ4v) is 0.494. The predicted octanol–water partition coefficient (Wildman–Crippen LogP) is -0.595. The van der Waals surface area contributed by atoms with E-state index < -0.39 is 12.0 Å². The van der Waals surface area contributed by atoms with E-state index >= 15 is 0 Å². The van der Waals surface area contributed by atoms with Gasteiger partial charge in [-0.3, -0.25) is 10.1 Å². The van der Waals surface area contributed by atoms with E-state index in [4.69, 9.17) is 9.84 Å². The number of ether oxygens (including phenoxy) is 1. The van der Waals surface area contributed by atoms with Crippen LogP contribution in [0, 0.1) is 0 Å². The molecular weight excluding hydrogens is 122 g/mol. The van der Waals surface area contributed by atoms with Crippen molar-refractivity contribution in [2.45, 2.75) is 19.2 Å². The molecule has 52 valence electrons. The summed E-state index contributed by atoms with van der Waals surface area (Å²) < 4.78 is 4.75. The maximum atomic E-state index is 10.1. The van der Waals surface area contributed by atoms with E-state index in [1.54, 1.807) is 6.92 Å². The Labute approximate surface area is 52.8 Å². The van der Waals surface area contributed by atoms with Crippen LogP contribution in [0.4, 0.5) is 0 Å². The third-order valence-corrected chi connectivity index (χ3v) is 1.14. The molecule has 2 unspecified atom stereocenters. The highest BCUT2D eigenvalue weighted by atomic mass is 16.6. The van der Waals surface area contributed by atoms with E-state index in [0.29, 0.717) is 6.61 Å². The van der Waals surface area contributed by atoms with Crippen LogP contribution in [0.2, 0.25) is 0 Å². The Kier molecular flexibility index (Phi) is 1.68. The van der Waals surface area contributed by atoms with E-state index in [9.17, 15) is 4.79 Å². The number of carbonyl (C=O) groups is 1. The molecular formula is C5H9NO3. The molecule has 0 saturated carbocycles. The second-order valence-corrected chi connectivity index (χ2v) is 2.05. The summed E-state index contributed by atoms with van der Waals surface area (Å²) in [5.41, 5.74) is 0. The first-order valence-electron chi connectivity index (χ1n) is 2.80. The average molecular weight is 131 g/mol. The molecule has 9 heavy (non-hydrogen) atoms. The fraction of sp³-hybridized carbons (Fsp3) is 0.800. The van der Waals surface area contributed by atoms with Crippen LogP contribution in [-0.2, 0) is 9.53 Å². The summed E-state index contributed by atoms with van der Waals surface area (Å²) in [6.07, 6.45) is -0.0175. The first-order chi connectivity index (χ1) is 4.20. The van der Waals surface area contributed by atoms with Crippen LogP contribution in [-0.4, -0.2) is 30.0 Å². The lowest BCUT2D eigenvalue weighted by Gasteiger charge is -2.03. The Morgan fingerprint density at radius 3 is 2.89 bits per heavy atom. The Bertz CT molecular complexity index is 121. The molecule has 1 fully saturated rings. The molecule has 0 bridgehead atoms. The maximum absolute atomic E-state index is 10.1. The molecule has 1 aliphatic heterocycles. The molecule has 4 nitrogen and oxygen atoms in total. The standard InChI is InChI=1S/C5H9NO3/c1-3(5(7)8)6-4-2-9-4/h3-4,6H,2H2,1H3,(H,7,8). The van der Waals surface area contributed by atoms with Crippen LogP contribution in [0.5, 0.6) is 0 Å². The van der Waals surface area contributed by atoms with Crippen LogP contribution < -0.4 is 5.32 Å². The summed E-state index contributed by atoms with van der Waals surface area (Å²) >= 11 is 0. The number of hydrogen-bond donors (Lipinski definition) is 2. The summed E-state index contributed by atoms with van der Waals surface area (Å²) in [6.45, 7) is 2.22. The van der Waals surface area contributed by atoms with Gasteiger partial charge in [0.05, 0.1) is 6.61 Å². The Morgan fingerprint density at radius 2 is 2.56 bits per heavy atom. The molecule has 1 aliphatic rings. The van der Waals surface area contributed by atoms with Crippen molar-refractivity contribution < 1.29 is 14.6 Å². The second-order valence-electron chi connectivity index (χ2n) is 2.05. The van der Waals surface area contributed by atoms with Crippen molar-refractivity contribution >= 4 is 5.97 Å². The van der Waals surface area contributed by atoms with Crippen molar-refractivity contribution in [3.05, 3.63) is 0 Å². The van der Waals surface area contributed by atoms with Gasteiger partial charge >= 0.3 is 5.97 Å². The number of carboxylic acid groups (broad SMARTS) is 1. The molecule has 0 amide bonds. The predicted molar refractivity (Wildman–Crippen MR) is 30.0 cm³/mol. The highest BCUT2D eigenvalue weighted by Crippen LogP contribution is 2.04. The van der Waals surface area contributed by atoms with E-state index in [0.717, 1.165) is 0 Å². The molecule has 0 aromatic heterocycles. The molecule has 0 spiro atoms. The van der Waals surface area contributed by atoms with Gasteiger partial charge in [-0.1, -0.05) is 0 Å². The highest BCUT2D eigenvalue weighted by Gasteiger charge is 2.26. The molecule has 2 atom stereocenters. The topological polar surface area (TPSA) is 61.9 Å². The van der Waals surface area contributed by atoms with Crippen molar-refractivity contribution in [1.82, 2.24) is 5.32 Å². The molecule has 0 aromatic rings. The minimum absolute atomic E-state index is 0.0175. The molecule has 2 N–H and O–H groups in total. The number of carboxylic acids is 1. The zero-order valence-corrected chi connectivity index (χ0v) is 5.13. The van der Waals surface area contributed by atoms with Gasteiger partial charge in [-0.15, -0.1) is 0 Å². The zero-order chi connectivity index (χ0) is 6.85. The Balaban J connectivity index is 2.16. The highest BCUT2D eigenvalue weighted by molar-refractivity contribution is 5.72. The summed E-state index contributed by atoms with van der Waals surface area (Å²) in [7, 11) is 0. The van der Waals surface area contributed by atoms with Gasteiger partial charge in [0.25, 0.3) is 0 Å². The molecule has 1 rings (SSSR count). The van der Waals surface area contributed by atoms with Crippen LogP contribution in [0.25, 0.3) is 0 Å². The molecule has 4 heteroatoms. The van der Waals surface area contributed by atoms with Gasteiger partial charge in [-0.25, -0.2) is 0 Å². The summed E-state index contributed by atoms with van der Waals surface area (Å²) in [4.78, 5) is 10.1. The van der Waals surface area contributed by atoms with Gasteiger partial charge < -0.3 is 9.84 Å². The quantitative estimate of drug-likeness (QED) is 0.502. The third-order valence-electron chi connectivity index (χ3n) is 1.14. The first-order valence-corrected chi connectivity index (χ1v) is 2.80. The molecule has 1 heterocycles. The number of epoxide rings is 1. The van der Waals surface area contributed by atoms with Gasteiger partial charge in [-0.2, -0.15) is 0 Å². The van der Waals surface area contributed by atoms with Gasteiger partial charge in [0.2, 0.25) is 0 Å². The lowest BCUT2D eigenvalue weighted by atomic mass is 10.3.